The molecule has 5 rings (SSSR count). The van der Waals surface area contributed by atoms with Crippen molar-refractivity contribution in [3.05, 3.63) is 119 Å². The molecular weight excluding hydrogens is 515 g/mol. The zero-order chi connectivity index (χ0) is 28.3. The van der Waals surface area contributed by atoms with E-state index in [1.165, 1.54) is 13.0 Å². The van der Waals surface area contributed by atoms with Gasteiger partial charge >= 0.3 is 12.1 Å². The Morgan fingerprint density at radius 3 is 2.33 bits per heavy atom. The highest BCUT2D eigenvalue weighted by atomic mass is 19.4. The van der Waals surface area contributed by atoms with Gasteiger partial charge in [-0.2, -0.15) is 18.3 Å². The molecule has 0 amide bonds. The summed E-state index contributed by atoms with van der Waals surface area (Å²) in [4.78, 5) is 11.3. The second kappa shape index (κ2) is 11.3. The number of carbonyl (C=O) groups excluding carboxylic acids is 1. The van der Waals surface area contributed by atoms with Gasteiger partial charge in [-0.3, -0.25) is 9.48 Å². The molecule has 1 unspecified atom stereocenters. The van der Waals surface area contributed by atoms with Gasteiger partial charge in [-0.25, -0.2) is 0 Å². The summed E-state index contributed by atoms with van der Waals surface area (Å²) in [7, 11) is 0. The van der Waals surface area contributed by atoms with Crippen LogP contribution in [0.15, 0.2) is 97.1 Å². The maximum atomic E-state index is 13.8. The molecule has 5 aromatic rings. The van der Waals surface area contributed by atoms with Crippen molar-refractivity contribution in [1.82, 2.24) is 9.78 Å². The lowest BCUT2D eigenvalue weighted by Crippen LogP contribution is -2.07. The molecule has 0 aliphatic heterocycles. The summed E-state index contributed by atoms with van der Waals surface area (Å²) in [6, 6.07) is 29.1. The van der Waals surface area contributed by atoms with Crippen molar-refractivity contribution in [3.8, 4) is 11.3 Å². The minimum absolute atomic E-state index is 0.0639. The number of hydrogen-bond donors (Lipinski definition) is 1. The van der Waals surface area contributed by atoms with Gasteiger partial charge in [-0.1, -0.05) is 78.9 Å². The molecule has 0 spiro atoms. The zero-order valence-electron chi connectivity index (χ0n) is 22.1. The van der Waals surface area contributed by atoms with E-state index < -0.39 is 11.7 Å². The Morgan fingerprint density at radius 1 is 0.925 bits per heavy atom. The summed E-state index contributed by atoms with van der Waals surface area (Å²) in [5, 5.41) is 8.27. The summed E-state index contributed by atoms with van der Waals surface area (Å²) in [5.74, 6) is -0.330. The van der Waals surface area contributed by atoms with Gasteiger partial charge in [-0.15, -0.1) is 0 Å². The van der Waals surface area contributed by atoms with E-state index in [0.29, 0.717) is 24.2 Å². The van der Waals surface area contributed by atoms with E-state index in [4.69, 9.17) is 4.74 Å². The molecule has 1 N–H and O–H groups in total. The van der Waals surface area contributed by atoms with E-state index in [1.54, 1.807) is 10.7 Å². The van der Waals surface area contributed by atoms with Gasteiger partial charge in [0.2, 0.25) is 0 Å². The Labute approximate surface area is 230 Å². The van der Waals surface area contributed by atoms with Gasteiger partial charge in [0.15, 0.2) is 0 Å². The molecule has 1 aromatic heterocycles. The van der Waals surface area contributed by atoms with Crippen molar-refractivity contribution in [2.45, 2.75) is 39.2 Å². The summed E-state index contributed by atoms with van der Waals surface area (Å²) in [6.45, 7) is 4.10. The number of ether oxygens (including phenoxy) is 1. The van der Waals surface area contributed by atoms with Crippen LogP contribution in [0.4, 0.5) is 18.9 Å². The molecule has 0 bridgehead atoms. The maximum Gasteiger partial charge on any atom is 0.418 e. The predicted octanol–water partition coefficient (Wildman–Crippen LogP) is 8.01. The SMILES string of the molecule is CC(=O)OC(C)c1cccc(CNc2ccc(-c3c4cccc(C(F)(F)F)c4nn3Cc3ccccc3)cc2)c1. The highest BCUT2D eigenvalue weighted by Crippen LogP contribution is 2.38. The summed E-state index contributed by atoms with van der Waals surface area (Å²) >= 11 is 0. The molecule has 0 saturated heterocycles. The van der Waals surface area contributed by atoms with Crippen LogP contribution in [0.5, 0.6) is 0 Å². The number of carbonyl (C=O) groups is 1. The fourth-order valence-corrected chi connectivity index (χ4v) is 4.78. The second-order valence-corrected chi connectivity index (χ2v) is 9.62. The summed E-state index contributed by atoms with van der Waals surface area (Å²) < 4.78 is 48.4. The fourth-order valence-electron chi connectivity index (χ4n) is 4.78. The highest BCUT2D eigenvalue weighted by Gasteiger charge is 2.34. The number of hydrogen-bond acceptors (Lipinski definition) is 4. The number of aromatic nitrogens is 2. The van der Waals surface area contributed by atoms with Crippen LogP contribution >= 0.6 is 0 Å². The van der Waals surface area contributed by atoms with Crippen LogP contribution in [0.2, 0.25) is 0 Å². The van der Waals surface area contributed by atoms with E-state index in [0.717, 1.165) is 34.0 Å². The topological polar surface area (TPSA) is 56.1 Å². The molecule has 1 heterocycles. The molecule has 0 aliphatic rings. The molecule has 4 aromatic carbocycles. The first-order chi connectivity index (χ1) is 19.2. The Morgan fingerprint density at radius 2 is 1.62 bits per heavy atom. The van der Waals surface area contributed by atoms with Crippen molar-refractivity contribution in [3.63, 3.8) is 0 Å². The number of anilines is 1. The standard InChI is InChI=1S/C32H28F3N3O2/c1-21(40-22(2)39)26-11-6-10-24(18-26)19-36-27-16-14-25(15-17-27)31-28-12-7-13-29(32(33,34)35)30(28)37-38(31)20-23-8-4-3-5-9-23/h3-18,21,36H,19-20H2,1-2H3. The van der Waals surface area contributed by atoms with Crippen LogP contribution in [0.1, 0.15) is 42.2 Å². The lowest BCUT2D eigenvalue weighted by molar-refractivity contribution is -0.145. The largest absolute Gasteiger partial charge is 0.458 e. The van der Waals surface area contributed by atoms with Gasteiger partial charge in [0, 0.05) is 30.1 Å². The number of halogens is 3. The van der Waals surface area contributed by atoms with E-state index in [2.05, 4.69) is 10.4 Å². The molecule has 0 saturated carbocycles. The third-order valence-corrected chi connectivity index (χ3v) is 6.67. The molecule has 204 valence electrons. The molecule has 1 atom stereocenters. The second-order valence-electron chi connectivity index (χ2n) is 9.62. The molecule has 0 radical (unpaired) electrons. The van der Waals surface area contributed by atoms with Crippen molar-refractivity contribution in [2.24, 2.45) is 0 Å². The fraction of sp³-hybridized carbons (Fsp3) is 0.188. The summed E-state index contributed by atoms with van der Waals surface area (Å²) in [5.41, 5.74) is 4.30. The minimum Gasteiger partial charge on any atom is -0.458 e. The maximum absolute atomic E-state index is 13.8. The Hall–Kier alpha value is -4.59. The van der Waals surface area contributed by atoms with Gasteiger partial charge in [0.25, 0.3) is 0 Å². The lowest BCUT2D eigenvalue weighted by atomic mass is 10.0. The first-order valence-corrected chi connectivity index (χ1v) is 12.9. The van der Waals surface area contributed by atoms with E-state index in [9.17, 15) is 18.0 Å². The van der Waals surface area contributed by atoms with Crippen molar-refractivity contribution in [1.29, 1.82) is 0 Å². The van der Waals surface area contributed by atoms with Crippen molar-refractivity contribution < 1.29 is 22.7 Å². The molecular formula is C32H28F3N3O2. The Bertz CT molecular complexity index is 1630. The number of alkyl halides is 3. The molecule has 40 heavy (non-hydrogen) atoms. The monoisotopic (exact) mass is 543 g/mol. The smallest absolute Gasteiger partial charge is 0.418 e. The van der Waals surface area contributed by atoms with E-state index >= 15 is 0 Å². The normalized spacial score (nSPS) is 12.3. The summed E-state index contributed by atoms with van der Waals surface area (Å²) in [6.07, 6.45) is -4.85. The third-order valence-electron chi connectivity index (χ3n) is 6.67. The number of fused-ring (bicyclic) bond motifs is 1. The third kappa shape index (κ3) is 6.01. The van der Waals surface area contributed by atoms with Crippen LogP contribution in [-0.4, -0.2) is 15.7 Å². The van der Waals surface area contributed by atoms with Gasteiger partial charge in [0.1, 0.15) is 11.6 Å². The van der Waals surface area contributed by atoms with Gasteiger partial charge in [0.05, 0.1) is 17.8 Å². The molecule has 0 fully saturated rings. The zero-order valence-corrected chi connectivity index (χ0v) is 22.1. The lowest BCUT2D eigenvalue weighted by Gasteiger charge is -2.14. The quantitative estimate of drug-likeness (QED) is 0.202. The number of nitrogens with one attached hydrogen (secondary N) is 1. The van der Waals surface area contributed by atoms with Crippen LogP contribution in [0, 0.1) is 0 Å². The first kappa shape index (κ1) is 27.0. The van der Waals surface area contributed by atoms with E-state index in [-0.39, 0.29) is 17.6 Å². The van der Waals surface area contributed by atoms with Crippen LogP contribution in [0.25, 0.3) is 22.2 Å². The Balaban J connectivity index is 1.42. The van der Waals surface area contributed by atoms with E-state index in [1.807, 2.05) is 85.8 Å². The predicted molar refractivity (Wildman–Crippen MR) is 150 cm³/mol. The molecule has 5 nitrogen and oxygen atoms in total. The number of benzene rings is 4. The minimum atomic E-state index is -4.51. The average molecular weight is 544 g/mol. The number of rotatable bonds is 8. The van der Waals surface area contributed by atoms with Crippen LogP contribution in [-0.2, 0) is 28.8 Å². The van der Waals surface area contributed by atoms with Crippen LogP contribution < -0.4 is 5.32 Å². The first-order valence-electron chi connectivity index (χ1n) is 12.9. The number of nitrogens with zero attached hydrogens (tertiary/aromatic N) is 2. The molecule has 8 heteroatoms. The molecule has 0 aliphatic carbocycles. The average Bonchev–Trinajstić information content (AvgIpc) is 3.29. The van der Waals surface area contributed by atoms with Crippen molar-refractivity contribution >= 4 is 22.6 Å². The number of esters is 1. The van der Waals surface area contributed by atoms with Crippen molar-refractivity contribution in [2.75, 3.05) is 5.32 Å². The highest BCUT2D eigenvalue weighted by molar-refractivity contribution is 5.95. The van der Waals surface area contributed by atoms with Gasteiger partial charge in [-0.05, 0) is 41.8 Å². The van der Waals surface area contributed by atoms with Crippen LogP contribution in [0.3, 0.4) is 0 Å². The Kier molecular flexibility index (Phi) is 7.60. The van der Waals surface area contributed by atoms with Gasteiger partial charge < -0.3 is 10.1 Å².